The lowest BCUT2D eigenvalue weighted by atomic mass is 10.3. The summed E-state index contributed by atoms with van der Waals surface area (Å²) in [6.45, 7) is 10.3. The number of hydrogen-bond acceptors (Lipinski definition) is 7. The number of imide groups is 1. The van der Waals surface area contributed by atoms with Gasteiger partial charge < -0.3 is 24.3 Å². The molecule has 0 aliphatic carbocycles. The molecule has 0 bridgehead atoms. The van der Waals surface area contributed by atoms with Crippen molar-refractivity contribution in [1.82, 2.24) is 10.2 Å². The van der Waals surface area contributed by atoms with Crippen LogP contribution in [0, 0.1) is 0 Å². The van der Waals surface area contributed by atoms with Crippen molar-refractivity contribution < 1.29 is 33.3 Å². The van der Waals surface area contributed by atoms with Crippen molar-refractivity contribution in [3.63, 3.8) is 0 Å². The van der Waals surface area contributed by atoms with E-state index in [1.54, 1.807) is 0 Å². The first-order valence-corrected chi connectivity index (χ1v) is 10.8. The molecule has 0 aromatic heterocycles. The van der Waals surface area contributed by atoms with E-state index in [1.165, 1.54) is 12.2 Å². The summed E-state index contributed by atoms with van der Waals surface area (Å²) >= 11 is 0. The van der Waals surface area contributed by atoms with Gasteiger partial charge in [0, 0.05) is 25.1 Å². The normalized spacial score (nSPS) is 12.8. The van der Waals surface area contributed by atoms with Crippen LogP contribution >= 0.6 is 0 Å². The van der Waals surface area contributed by atoms with E-state index in [-0.39, 0.29) is 30.9 Å². The van der Waals surface area contributed by atoms with Crippen molar-refractivity contribution in [3.05, 3.63) is 12.2 Å². The summed E-state index contributed by atoms with van der Waals surface area (Å²) in [5.41, 5.74) is 0. The van der Waals surface area contributed by atoms with Crippen LogP contribution in [0.5, 0.6) is 0 Å². The Morgan fingerprint density at radius 1 is 0.833 bits per heavy atom. The van der Waals surface area contributed by atoms with Crippen LogP contribution in [0.15, 0.2) is 12.2 Å². The van der Waals surface area contributed by atoms with Crippen molar-refractivity contribution in [2.45, 2.75) is 40.0 Å². The Balaban J connectivity index is 0.00000407. The molecule has 9 nitrogen and oxygen atoms in total. The van der Waals surface area contributed by atoms with E-state index in [0.29, 0.717) is 52.7 Å². The second-order valence-corrected chi connectivity index (χ2v) is 6.06. The molecule has 0 fully saturated rings. The first-order valence-electron chi connectivity index (χ1n) is 10.8. The van der Waals surface area contributed by atoms with Crippen LogP contribution in [0.25, 0.3) is 0 Å². The van der Waals surface area contributed by atoms with Gasteiger partial charge in [-0.2, -0.15) is 0 Å². The van der Waals surface area contributed by atoms with E-state index >= 15 is 0 Å². The second kappa shape index (κ2) is 20.5. The maximum absolute atomic E-state index is 11.4. The molecular weight excluding hydrogens is 392 g/mol. The molecule has 174 valence electrons. The molecule has 1 aliphatic rings. The largest absolute Gasteiger partial charge is 0.379 e. The monoisotopic (exact) mass is 430 g/mol. The average molecular weight is 431 g/mol. The maximum atomic E-state index is 11.4. The smallest absolute Gasteiger partial charge is 0.253 e. The van der Waals surface area contributed by atoms with E-state index in [0.717, 1.165) is 24.3 Å². The SMILES string of the molecule is CC.CCCCNC(=O)CCOCCOCCOCCOCCN1C(=O)C=CC1=O. The second-order valence-electron chi connectivity index (χ2n) is 6.06. The Morgan fingerprint density at radius 3 is 1.80 bits per heavy atom. The third-order valence-corrected chi connectivity index (χ3v) is 3.80. The summed E-state index contributed by atoms with van der Waals surface area (Å²) in [4.78, 5) is 35.2. The minimum atomic E-state index is -0.304. The number of carbonyl (C=O) groups is 3. The summed E-state index contributed by atoms with van der Waals surface area (Å²) in [6.07, 6.45) is 4.92. The molecule has 30 heavy (non-hydrogen) atoms. The minimum absolute atomic E-state index is 0.0142. The first kappa shape index (κ1) is 28.2. The Labute approximate surface area is 180 Å². The predicted octanol–water partition coefficient (Wildman–Crippen LogP) is 1.31. The van der Waals surface area contributed by atoms with Crippen LogP contribution in [-0.4, -0.2) is 88.6 Å². The number of amides is 3. The van der Waals surface area contributed by atoms with Crippen molar-refractivity contribution in [2.75, 3.05) is 65.9 Å². The number of rotatable bonds is 18. The van der Waals surface area contributed by atoms with Gasteiger partial charge in [-0.3, -0.25) is 19.3 Å². The van der Waals surface area contributed by atoms with Gasteiger partial charge in [0.2, 0.25) is 5.91 Å². The number of carbonyl (C=O) groups excluding carboxylic acids is 3. The molecule has 1 rings (SSSR count). The van der Waals surface area contributed by atoms with Gasteiger partial charge in [-0.1, -0.05) is 27.2 Å². The van der Waals surface area contributed by atoms with Crippen molar-refractivity contribution in [3.8, 4) is 0 Å². The summed E-state index contributed by atoms with van der Waals surface area (Å²) in [6, 6.07) is 0. The lowest BCUT2D eigenvalue weighted by Crippen LogP contribution is -2.33. The van der Waals surface area contributed by atoms with E-state index < -0.39 is 0 Å². The molecule has 1 heterocycles. The Kier molecular flexibility index (Phi) is 19.2. The van der Waals surface area contributed by atoms with Gasteiger partial charge in [-0.15, -0.1) is 0 Å². The molecule has 3 amide bonds. The summed E-state index contributed by atoms with van der Waals surface area (Å²) < 4.78 is 21.4. The number of hydrogen-bond donors (Lipinski definition) is 1. The fourth-order valence-corrected chi connectivity index (χ4v) is 2.23. The molecule has 0 unspecified atom stereocenters. The average Bonchev–Trinajstić information content (AvgIpc) is 3.07. The fourth-order valence-electron chi connectivity index (χ4n) is 2.23. The third kappa shape index (κ3) is 15.1. The molecule has 1 aliphatic heterocycles. The quantitative estimate of drug-likeness (QED) is 0.258. The number of unbranched alkanes of at least 4 members (excludes halogenated alkanes) is 1. The number of ether oxygens (including phenoxy) is 4. The Bertz CT molecular complexity index is 480. The highest BCUT2D eigenvalue weighted by Crippen LogP contribution is 2.02. The van der Waals surface area contributed by atoms with E-state index in [2.05, 4.69) is 12.2 Å². The molecule has 0 saturated heterocycles. The van der Waals surface area contributed by atoms with Crippen molar-refractivity contribution in [1.29, 1.82) is 0 Å². The van der Waals surface area contributed by atoms with Gasteiger partial charge in [0.15, 0.2) is 0 Å². The molecule has 0 saturated carbocycles. The Morgan fingerprint density at radius 2 is 1.30 bits per heavy atom. The van der Waals surface area contributed by atoms with Gasteiger partial charge >= 0.3 is 0 Å². The van der Waals surface area contributed by atoms with Gasteiger partial charge in [0.05, 0.1) is 59.4 Å². The number of nitrogens with zero attached hydrogens (tertiary/aromatic N) is 1. The lowest BCUT2D eigenvalue weighted by molar-refractivity contribution is -0.137. The highest BCUT2D eigenvalue weighted by Gasteiger charge is 2.22. The zero-order chi connectivity index (χ0) is 22.5. The van der Waals surface area contributed by atoms with Crippen LogP contribution in [0.2, 0.25) is 0 Å². The van der Waals surface area contributed by atoms with Gasteiger partial charge in [0.25, 0.3) is 11.8 Å². The van der Waals surface area contributed by atoms with Crippen LogP contribution in [-0.2, 0) is 33.3 Å². The fraction of sp³-hybridized carbons (Fsp3) is 0.762. The topological polar surface area (TPSA) is 103 Å². The maximum Gasteiger partial charge on any atom is 0.253 e. The molecule has 0 spiro atoms. The highest BCUT2D eigenvalue weighted by atomic mass is 16.6. The summed E-state index contributed by atoms with van der Waals surface area (Å²) in [7, 11) is 0. The molecule has 9 heteroatoms. The molecule has 0 aromatic carbocycles. The van der Waals surface area contributed by atoms with Gasteiger partial charge in [-0.05, 0) is 6.42 Å². The zero-order valence-corrected chi connectivity index (χ0v) is 18.7. The predicted molar refractivity (Wildman–Crippen MR) is 113 cm³/mol. The van der Waals surface area contributed by atoms with E-state index in [1.807, 2.05) is 13.8 Å². The third-order valence-electron chi connectivity index (χ3n) is 3.80. The molecule has 0 aromatic rings. The zero-order valence-electron chi connectivity index (χ0n) is 18.7. The van der Waals surface area contributed by atoms with E-state index in [9.17, 15) is 14.4 Å². The van der Waals surface area contributed by atoms with Crippen LogP contribution < -0.4 is 5.32 Å². The molecule has 0 atom stereocenters. The summed E-state index contributed by atoms with van der Waals surface area (Å²) in [5.74, 6) is -0.595. The minimum Gasteiger partial charge on any atom is -0.379 e. The molecular formula is C21H38N2O7. The molecule has 1 N–H and O–H groups in total. The van der Waals surface area contributed by atoms with E-state index in [4.69, 9.17) is 18.9 Å². The number of nitrogens with one attached hydrogen (secondary N) is 1. The summed E-state index contributed by atoms with van der Waals surface area (Å²) in [5, 5.41) is 2.83. The van der Waals surface area contributed by atoms with Crippen LogP contribution in [0.4, 0.5) is 0 Å². The lowest BCUT2D eigenvalue weighted by Gasteiger charge is -2.13. The van der Waals surface area contributed by atoms with Crippen LogP contribution in [0.1, 0.15) is 40.0 Å². The van der Waals surface area contributed by atoms with Gasteiger partial charge in [-0.25, -0.2) is 0 Å². The van der Waals surface area contributed by atoms with Crippen molar-refractivity contribution in [2.24, 2.45) is 0 Å². The highest BCUT2D eigenvalue weighted by molar-refractivity contribution is 6.12. The van der Waals surface area contributed by atoms with Crippen molar-refractivity contribution >= 4 is 17.7 Å². The molecule has 0 radical (unpaired) electrons. The van der Waals surface area contributed by atoms with Crippen LogP contribution in [0.3, 0.4) is 0 Å². The Hall–Kier alpha value is -1.81. The van der Waals surface area contributed by atoms with Gasteiger partial charge in [0.1, 0.15) is 0 Å². The first-order chi connectivity index (χ1) is 14.6. The standard InChI is InChI=1S/C19H32N2O7.C2H6/c1-2-3-7-20-17(22)6-9-25-11-13-27-15-16-28-14-12-26-10-8-21-18(23)4-5-19(21)24;1-2/h4-5H,2-3,6-16H2,1H3,(H,20,22);1-2H3.